The Morgan fingerprint density at radius 2 is 2.28 bits per heavy atom. The van der Waals surface area contributed by atoms with Gasteiger partial charge in [0.2, 0.25) is 5.91 Å². The molecular weight excluding hydrogens is 326 g/mol. The normalized spacial score (nSPS) is 10.8. The summed E-state index contributed by atoms with van der Waals surface area (Å²) in [4.78, 5) is 25.1. The van der Waals surface area contributed by atoms with Gasteiger partial charge in [0.05, 0.1) is 24.5 Å². The summed E-state index contributed by atoms with van der Waals surface area (Å²) in [6.45, 7) is 0.391. The van der Waals surface area contributed by atoms with Gasteiger partial charge in [0.1, 0.15) is 12.3 Å². The zero-order chi connectivity index (χ0) is 17.8. The molecule has 9 nitrogen and oxygen atoms in total. The largest absolute Gasteiger partial charge is 0.497 e. The van der Waals surface area contributed by atoms with Crippen molar-refractivity contribution in [1.29, 1.82) is 0 Å². The number of hydrogen-bond acceptors (Lipinski definition) is 5. The number of aromatic nitrogens is 3. The molecule has 1 aromatic carbocycles. The van der Waals surface area contributed by atoms with Crippen LogP contribution in [0.15, 0.2) is 36.7 Å². The fraction of sp³-hybridized carbons (Fsp3) is 0.250. The highest BCUT2D eigenvalue weighted by atomic mass is 16.6. The van der Waals surface area contributed by atoms with Crippen molar-refractivity contribution >= 4 is 22.6 Å². The van der Waals surface area contributed by atoms with E-state index >= 15 is 0 Å². The van der Waals surface area contributed by atoms with Crippen LogP contribution in [0.3, 0.4) is 0 Å². The highest BCUT2D eigenvalue weighted by molar-refractivity contribution is 5.84. The van der Waals surface area contributed by atoms with Crippen molar-refractivity contribution in [2.75, 3.05) is 13.7 Å². The zero-order valence-electron chi connectivity index (χ0n) is 13.6. The second-order valence-corrected chi connectivity index (χ2v) is 5.45. The van der Waals surface area contributed by atoms with E-state index < -0.39 is 4.92 Å². The molecule has 0 spiro atoms. The molecule has 0 saturated carbocycles. The second kappa shape index (κ2) is 7.04. The van der Waals surface area contributed by atoms with Crippen molar-refractivity contribution in [2.45, 2.75) is 13.0 Å². The molecule has 0 aliphatic rings. The van der Waals surface area contributed by atoms with Gasteiger partial charge in [0.15, 0.2) is 0 Å². The summed E-state index contributed by atoms with van der Waals surface area (Å²) in [5, 5.41) is 18.1. The Balaban J connectivity index is 1.55. The highest BCUT2D eigenvalue weighted by Crippen LogP contribution is 2.23. The summed E-state index contributed by atoms with van der Waals surface area (Å²) in [5.41, 5.74) is 2.08. The van der Waals surface area contributed by atoms with E-state index in [1.165, 1.54) is 16.9 Å². The minimum Gasteiger partial charge on any atom is -0.497 e. The van der Waals surface area contributed by atoms with Crippen molar-refractivity contribution in [3.05, 3.63) is 52.3 Å². The van der Waals surface area contributed by atoms with E-state index in [1.807, 2.05) is 24.4 Å². The lowest BCUT2D eigenvalue weighted by atomic mass is 10.1. The molecule has 1 amide bonds. The van der Waals surface area contributed by atoms with Crippen LogP contribution in [0.2, 0.25) is 0 Å². The second-order valence-electron chi connectivity index (χ2n) is 5.45. The smallest absolute Gasteiger partial charge is 0.389 e. The lowest BCUT2D eigenvalue weighted by Gasteiger charge is -2.04. The van der Waals surface area contributed by atoms with Crippen molar-refractivity contribution in [2.24, 2.45) is 0 Å². The molecule has 2 aromatic heterocycles. The molecule has 2 heterocycles. The minimum absolute atomic E-state index is 0.0600. The molecule has 9 heteroatoms. The first kappa shape index (κ1) is 16.5. The fourth-order valence-electron chi connectivity index (χ4n) is 2.57. The lowest BCUT2D eigenvalue weighted by molar-refractivity contribution is -0.389. The van der Waals surface area contributed by atoms with Crippen molar-refractivity contribution in [3.63, 3.8) is 0 Å². The van der Waals surface area contributed by atoms with Gasteiger partial charge in [-0.05, 0) is 35.1 Å². The number of benzene rings is 1. The Hall–Kier alpha value is -3.36. The maximum absolute atomic E-state index is 11.9. The van der Waals surface area contributed by atoms with Crippen molar-refractivity contribution < 1.29 is 14.5 Å². The first-order valence-corrected chi connectivity index (χ1v) is 7.65. The number of nitrogens with zero attached hydrogens (tertiary/aromatic N) is 3. The molecule has 0 radical (unpaired) electrons. The summed E-state index contributed by atoms with van der Waals surface area (Å²) < 4.78 is 6.47. The van der Waals surface area contributed by atoms with E-state index in [1.54, 1.807) is 7.11 Å². The molecule has 25 heavy (non-hydrogen) atoms. The molecule has 3 rings (SSSR count). The van der Waals surface area contributed by atoms with Gasteiger partial charge < -0.3 is 25.2 Å². The monoisotopic (exact) mass is 343 g/mol. The van der Waals surface area contributed by atoms with Gasteiger partial charge >= 0.3 is 5.82 Å². The predicted molar refractivity (Wildman–Crippen MR) is 90.4 cm³/mol. The highest BCUT2D eigenvalue weighted by Gasteiger charge is 2.13. The van der Waals surface area contributed by atoms with Gasteiger partial charge in [0.25, 0.3) is 0 Å². The van der Waals surface area contributed by atoms with Crippen molar-refractivity contribution in [1.82, 2.24) is 20.1 Å². The van der Waals surface area contributed by atoms with Crippen LogP contribution in [0.25, 0.3) is 10.9 Å². The average Bonchev–Trinajstić information content (AvgIpc) is 3.21. The number of aromatic amines is 1. The van der Waals surface area contributed by atoms with Crippen LogP contribution in [-0.2, 0) is 17.8 Å². The van der Waals surface area contributed by atoms with Crippen LogP contribution in [0.5, 0.6) is 5.75 Å². The lowest BCUT2D eigenvalue weighted by Crippen LogP contribution is -2.29. The number of H-pyrrole nitrogens is 1. The number of ether oxygens (including phenoxy) is 1. The number of hydrogen-bond donors (Lipinski definition) is 2. The third kappa shape index (κ3) is 3.77. The maximum atomic E-state index is 11.9. The van der Waals surface area contributed by atoms with Crippen LogP contribution < -0.4 is 10.1 Å². The molecule has 130 valence electrons. The van der Waals surface area contributed by atoms with E-state index in [9.17, 15) is 14.9 Å². The van der Waals surface area contributed by atoms with Crippen LogP contribution >= 0.6 is 0 Å². The average molecular weight is 343 g/mol. The van der Waals surface area contributed by atoms with Gasteiger partial charge in [-0.1, -0.05) is 0 Å². The minimum atomic E-state index is -0.598. The number of fused-ring (bicyclic) bond motifs is 1. The molecule has 2 N–H and O–H groups in total. The summed E-state index contributed by atoms with van der Waals surface area (Å²) >= 11 is 0. The van der Waals surface area contributed by atoms with Crippen molar-refractivity contribution in [3.8, 4) is 5.75 Å². The summed E-state index contributed by atoms with van der Waals surface area (Å²) in [7, 11) is 1.62. The number of rotatable bonds is 7. The third-order valence-electron chi connectivity index (χ3n) is 3.81. The predicted octanol–water partition coefficient (Wildman–Crippen LogP) is 1.64. The van der Waals surface area contributed by atoms with E-state index in [0.717, 1.165) is 22.2 Å². The first-order valence-electron chi connectivity index (χ1n) is 7.65. The van der Waals surface area contributed by atoms with E-state index in [4.69, 9.17) is 4.74 Å². The summed E-state index contributed by atoms with van der Waals surface area (Å²) in [6, 6.07) is 7.03. The quantitative estimate of drug-likeness (QED) is 0.500. The fourth-order valence-corrected chi connectivity index (χ4v) is 2.57. The van der Waals surface area contributed by atoms with Crippen LogP contribution in [0.4, 0.5) is 5.82 Å². The number of amides is 1. The number of methoxy groups -OCH3 is 1. The molecular formula is C16H17N5O4. The molecule has 0 bridgehead atoms. The Bertz CT molecular complexity index is 914. The molecule has 0 unspecified atom stereocenters. The Labute approximate surface area is 142 Å². The summed E-state index contributed by atoms with van der Waals surface area (Å²) in [5.74, 6) is 0.244. The Morgan fingerprint density at radius 1 is 1.44 bits per heavy atom. The maximum Gasteiger partial charge on any atom is 0.389 e. The number of carbonyl (C=O) groups excluding carboxylic acids is 1. The first-order chi connectivity index (χ1) is 12.1. The molecule has 3 aromatic rings. The molecule has 0 fully saturated rings. The van der Waals surface area contributed by atoms with Gasteiger partial charge in [-0.3, -0.25) is 4.79 Å². The van der Waals surface area contributed by atoms with E-state index in [0.29, 0.717) is 13.0 Å². The Kier molecular flexibility index (Phi) is 4.64. The van der Waals surface area contributed by atoms with E-state index in [-0.39, 0.29) is 18.3 Å². The third-order valence-corrected chi connectivity index (χ3v) is 3.81. The molecule has 0 atom stereocenters. The number of nitro groups is 1. The van der Waals surface area contributed by atoms with Gasteiger partial charge in [-0.25, -0.2) is 0 Å². The van der Waals surface area contributed by atoms with Crippen LogP contribution in [0, 0.1) is 10.1 Å². The standard InChI is InChI=1S/C16H17N5O4/c1-25-12-2-3-14-13(8-12)11(9-18-14)4-6-17-16(22)10-20-7-5-15(19-20)21(23)24/h2-3,5,7-9,18H,4,6,10H2,1H3,(H,17,22). The SMILES string of the molecule is COc1ccc2[nH]cc(CCNC(=O)Cn3ccc([N+](=O)[O-])n3)c2c1. The molecule has 0 aliphatic carbocycles. The van der Waals surface area contributed by atoms with Gasteiger partial charge in [-0.2, -0.15) is 4.68 Å². The number of nitrogens with one attached hydrogen (secondary N) is 2. The molecule has 0 saturated heterocycles. The number of carbonyl (C=O) groups is 1. The van der Waals surface area contributed by atoms with Crippen LogP contribution in [0.1, 0.15) is 5.56 Å². The molecule has 0 aliphatic heterocycles. The zero-order valence-corrected chi connectivity index (χ0v) is 13.6. The van der Waals surface area contributed by atoms with Gasteiger partial charge in [0, 0.05) is 23.6 Å². The van der Waals surface area contributed by atoms with Gasteiger partial charge in [-0.15, -0.1) is 0 Å². The Morgan fingerprint density at radius 3 is 3.00 bits per heavy atom. The topological polar surface area (TPSA) is 115 Å². The van der Waals surface area contributed by atoms with E-state index in [2.05, 4.69) is 15.4 Å². The summed E-state index contributed by atoms with van der Waals surface area (Å²) in [6.07, 6.45) is 3.97. The van der Waals surface area contributed by atoms with Crippen LogP contribution in [-0.4, -0.2) is 39.2 Å².